The summed E-state index contributed by atoms with van der Waals surface area (Å²) < 4.78 is 11.6. The zero-order valence-electron chi connectivity index (χ0n) is 18.0. The van der Waals surface area contributed by atoms with Gasteiger partial charge in [0, 0.05) is 10.4 Å². The maximum atomic E-state index is 13.1. The quantitative estimate of drug-likeness (QED) is 0.336. The van der Waals surface area contributed by atoms with Crippen LogP contribution < -0.4 is 5.32 Å². The normalized spacial score (nSPS) is 12.6. The summed E-state index contributed by atoms with van der Waals surface area (Å²) in [7, 11) is 1.31. The first-order valence-electron chi connectivity index (χ1n) is 9.90. The molecule has 12 heteroatoms. The largest absolute Gasteiger partial charge is 0.465 e. The summed E-state index contributed by atoms with van der Waals surface area (Å²) in [6.07, 6.45) is 2.57. The molecule has 4 rings (SSSR count). The van der Waals surface area contributed by atoms with Crippen LogP contribution in [-0.2, 0) is 24.1 Å². The number of aromatic nitrogens is 3. The van der Waals surface area contributed by atoms with Crippen molar-refractivity contribution in [2.24, 2.45) is 0 Å². The van der Waals surface area contributed by atoms with Gasteiger partial charge in [-0.25, -0.2) is 4.79 Å². The first-order chi connectivity index (χ1) is 15.2. The number of nitro groups is 1. The highest BCUT2D eigenvalue weighted by Gasteiger charge is 2.30. The standard InChI is InChI=1S/C20H21N5O6S/c1-9-17(25(28)29)10(2)24(22-9)8-13-11(3)31-23-16(13)18(26)21-19-15(20(27)30-4)12-6-5-7-14(12)32-19/h5-8H2,1-4H3,(H,21,26). The van der Waals surface area contributed by atoms with E-state index < -0.39 is 16.8 Å². The Morgan fingerprint density at radius 1 is 1.31 bits per heavy atom. The molecule has 0 atom stereocenters. The van der Waals surface area contributed by atoms with Gasteiger partial charge in [-0.05, 0) is 45.6 Å². The fourth-order valence-corrected chi connectivity index (χ4v) is 5.26. The Morgan fingerprint density at radius 3 is 2.72 bits per heavy atom. The molecule has 1 aliphatic rings. The van der Waals surface area contributed by atoms with E-state index in [-0.39, 0.29) is 23.6 Å². The number of aryl methyl sites for hydroxylation is 3. The van der Waals surface area contributed by atoms with Crippen molar-refractivity contribution in [2.75, 3.05) is 12.4 Å². The molecule has 0 unspecified atom stereocenters. The van der Waals surface area contributed by atoms with Crippen LogP contribution in [-0.4, -0.2) is 38.8 Å². The molecule has 0 radical (unpaired) electrons. The highest BCUT2D eigenvalue weighted by Crippen LogP contribution is 2.39. The molecule has 0 aliphatic heterocycles. The molecular formula is C20H21N5O6S. The molecule has 3 aromatic rings. The molecule has 3 heterocycles. The van der Waals surface area contributed by atoms with Crippen molar-refractivity contribution in [1.29, 1.82) is 0 Å². The van der Waals surface area contributed by atoms with Crippen molar-refractivity contribution in [3.8, 4) is 0 Å². The number of rotatable bonds is 6. The zero-order chi connectivity index (χ0) is 23.2. The van der Waals surface area contributed by atoms with Gasteiger partial charge >= 0.3 is 11.7 Å². The summed E-state index contributed by atoms with van der Waals surface area (Å²) in [5, 5.41) is 22.6. The number of amides is 1. The molecule has 0 spiro atoms. The Morgan fingerprint density at radius 2 is 2.06 bits per heavy atom. The Hall–Kier alpha value is -3.54. The van der Waals surface area contributed by atoms with E-state index in [9.17, 15) is 19.7 Å². The van der Waals surface area contributed by atoms with E-state index in [1.165, 1.54) is 23.1 Å². The van der Waals surface area contributed by atoms with Crippen LogP contribution in [0.15, 0.2) is 4.52 Å². The maximum absolute atomic E-state index is 13.1. The van der Waals surface area contributed by atoms with Gasteiger partial charge in [0.1, 0.15) is 22.1 Å². The van der Waals surface area contributed by atoms with Gasteiger partial charge in [-0.15, -0.1) is 11.3 Å². The molecule has 3 aromatic heterocycles. The number of esters is 1. The highest BCUT2D eigenvalue weighted by atomic mass is 32.1. The van der Waals surface area contributed by atoms with Crippen LogP contribution in [0.5, 0.6) is 0 Å². The zero-order valence-corrected chi connectivity index (χ0v) is 18.8. The minimum Gasteiger partial charge on any atom is -0.465 e. The molecule has 1 amide bonds. The van der Waals surface area contributed by atoms with Crippen molar-refractivity contribution in [1.82, 2.24) is 14.9 Å². The van der Waals surface area contributed by atoms with E-state index >= 15 is 0 Å². The molecule has 0 saturated carbocycles. The van der Waals surface area contributed by atoms with Crippen molar-refractivity contribution in [3.63, 3.8) is 0 Å². The van der Waals surface area contributed by atoms with Gasteiger partial charge in [-0.3, -0.25) is 19.6 Å². The summed E-state index contributed by atoms with van der Waals surface area (Å²) in [6, 6.07) is 0. The number of anilines is 1. The second-order valence-electron chi connectivity index (χ2n) is 7.51. The smallest absolute Gasteiger partial charge is 0.341 e. The molecule has 11 nitrogen and oxygen atoms in total. The molecule has 0 saturated heterocycles. The van der Waals surface area contributed by atoms with Gasteiger partial charge in [0.15, 0.2) is 5.69 Å². The van der Waals surface area contributed by atoms with Gasteiger partial charge in [-0.2, -0.15) is 5.10 Å². The fraction of sp³-hybridized carbons (Fsp3) is 0.400. The van der Waals surface area contributed by atoms with E-state index in [1.54, 1.807) is 20.8 Å². The topological polar surface area (TPSA) is 142 Å². The lowest BCUT2D eigenvalue weighted by Crippen LogP contribution is -2.18. The Labute approximate surface area is 186 Å². The third-order valence-electron chi connectivity index (χ3n) is 5.57. The second-order valence-corrected chi connectivity index (χ2v) is 8.61. The summed E-state index contributed by atoms with van der Waals surface area (Å²) >= 11 is 1.36. The van der Waals surface area contributed by atoms with Crippen molar-refractivity contribution in [3.05, 3.63) is 54.5 Å². The van der Waals surface area contributed by atoms with Gasteiger partial charge in [0.05, 0.1) is 24.1 Å². The van der Waals surface area contributed by atoms with Gasteiger partial charge in [0.25, 0.3) is 5.91 Å². The first kappa shape index (κ1) is 21.7. The first-order valence-corrected chi connectivity index (χ1v) is 10.7. The third-order valence-corrected chi connectivity index (χ3v) is 6.78. The molecular weight excluding hydrogens is 438 g/mol. The van der Waals surface area contributed by atoms with Crippen molar-refractivity contribution >= 4 is 33.9 Å². The van der Waals surface area contributed by atoms with Crippen LogP contribution in [0.4, 0.5) is 10.7 Å². The number of nitrogens with zero attached hydrogens (tertiary/aromatic N) is 4. The number of hydrogen-bond donors (Lipinski definition) is 1. The molecule has 0 bridgehead atoms. The number of methoxy groups -OCH3 is 1. The van der Waals surface area contributed by atoms with Crippen molar-refractivity contribution in [2.45, 2.75) is 46.6 Å². The molecule has 1 aliphatic carbocycles. The lowest BCUT2D eigenvalue weighted by Gasteiger charge is -2.07. The van der Waals surface area contributed by atoms with Crippen LogP contribution in [0.25, 0.3) is 0 Å². The summed E-state index contributed by atoms with van der Waals surface area (Å²) in [5.41, 5.74) is 2.36. The van der Waals surface area contributed by atoms with Crippen LogP contribution in [0, 0.1) is 30.9 Å². The SMILES string of the molecule is COC(=O)c1c(NC(=O)c2noc(C)c2Cn2nc(C)c([N+](=O)[O-])c2C)sc2c1CCC2. The Bertz CT molecular complexity index is 1250. The average molecular weight is 459 g/mol. The summed E-state index contributed by atoms with van der Waals surface area (Å²) in [5.74, 6) is -0.642. The average Bonchev–Trinajstić information content (AvgIpc) is 3.46. The van der Waals surface area contributed by atoms with Crippen LogP contribution in [0.2, 0.25) is 0 Å². The number of hydrogen-bond acceptors (Lipinski definition) is 9. The number of fused-ring (bicyclic) bond motifs is 1. The minimum atomic E-state index is -0.544. The van der Waals surface area contributed by atoms with Gasteiger partial charge in [-0.1, -0.05) is 5.16 Å². The monoisotopic (exact) mass is 459 g/mol. The lowest BCUT2D eigenvalue weighted by molar-refractivity contribution is -0.386. The number of carbonyl (C=O) groups excluding carboxylic acids is 2. The predicted molar refractivity (Wildman–Crippen MR) is 114 cm³/mol. The predicted octanol–water partition coefficient (Wildman–Crippen LogP) is 3.34. The molecule has 0 aromatic carbocycles. The number of thiophene rings is 1. The van der Waals surface area contributed by atoms with E-state index in [4.69, 9.17) is 9.26 Å². The second kappa shape index (κ2) is 8.19. The third kappa shape index (κ3) is 3.55. The summed E-state index contributed by atoms with van der Waals surface area (Å²) in [6.45, 7) is 4.87. The van der Waals surface area contributed by atoms with Gasteiger partial charge < -0.3 is 14.6 Å². The van der Waals surface area contributed by atoms with Crippen LogP contribution in [0.3, 0.4) is 0 Å². The number of carbonyl (C=O) groups is 2. The molecule has 0 fully saturated rings. The van der Waals surface area contributed by atoms with Crippen LogP contribution in [0.1, 0.15) is 60.4 Å². The number of nitrogens with one attached hydrogen (secondary N) is 1. The van der Waals surface area contributed by atoms with E-state index in [1.807, 2.05) is 0 Å². The highest BCUT2D eigenvalue weighted by molar-refractivity contribution is 7.17. The van der Waals surface area contributed by atoms with E-state index in [2.05, 4.69) is 15.6 Å². The van der Waals surface area contributed by atoms with Crippen LogP contribution >= 0.6 is 11.3 Å². The molecule has 168 valence electrons. The lowest BCUT2D eigenvalue weighted by atomic mass is 10.1. The minimum absolute atomic E-state index is 0.0297. The maximum Gasteiger partial charge on any atom is 0.341 e. The number of ether oxygens (including phenoxy) is 1. The van der Waals surface area contributed by atoms with Crippen molar-refractivity contribution < 1.29 is 23.8 Å². The Balaban J connectivity index is 1.65. The molecule has 1 N–H and O–H groups in total. The fourth-order valence-electron chi connectivity index (χ4n) is 3.98. The van der Waals surface area contributed by atoms with E-state index in [0.717, 1.165) is 29.7 Å². The van der Waals surface area contributed by atoms with Gasteiger partial charge in [0.2, 0.25) is 0 Å². The molecule has 32 heavy (non-hydrogen) atoms. The summed E-state index contributed by atoms with van der Waals surface area (Å²) in [4.78, 5) is 37.3. The van der Waals surface area contributed by atoms with E-state index in [0.29, 0.717) is 27.6 Å². The Kier molecular flexibility index (Phi) is 5.55.